The van der Waals surface area contributed by atoms with E-state index in [1.54, 1.807) is 23.1 Å². The van der Waals surface area contributed by atoms with Gasteiger partial charge in [-0.15, -0.1) is 0 Å². The van der Waals surface area contributed by atoms with Crippen LogP contribution in [0, 0.1) is 5.82 Å². The average molecular weight is 395 g/mol. The molecule has 2 aromatic heterocycles. The van der Waals surface area contributed by atoms with Crippen molar-refractivity contribution in [3.63, 3.8) is 0 Å². The molecule has 0 saturated carbocycles. The molecule has 1 aliphatic heterocycles. The van der Waals surface area contributed by atoms with Crippen LogP contribution in [0.25, 0.3) is 5.57 Å². The Morgan fingerprint density at radius 2 is 1.97 bits per heavy atom. The zero-order valence-electron chi connectivity index (χ0n) is 15.3. The van der Waals surface area contributed by atoms with Gasteiger partial charge >= 0.3 is 5.69 Å². The minimum Gasteiger partial charge on any atom is -0.387 e. The lowest BCUT2D eigenvalue weighted by Gasteiger charge is -2.30. The summed E-state index contributed by atoms with van der Waals surface area (Å²) in [7, 11) is 0. The van der Waals surface area contributed by atoms with Crippen LogP contribution in [-0.2, 0) is 6.54 Å². The van der Waals surface area contributed by atoms with E-state index in [0.29, 0.717) is 12.1 Å². The first-order chi connectivity index (χ1) is 14.0. The zero-order chi connectivity index (χ0) is 20.4. The van der Waals surface area contributed by atoms with Crippen molar-refractivity contribution in [3.8, 4) is 0 Å². The molecular formula is C20H18FN5O3. The summed E-state index contributed by atoms with van der Waals surface area (Å²) in [5, 5.41) is 10.5. The Morgan fingerprint density at radius 1 is 1.17 bits per heavy atom. The first-order valence-corrected chi connectivity index (χ1v) is 9.00. The van der Waals surface area contributed by atoms with Gasteiger partial charge in [-0.1, -0.05) is 24.3 Å². The monoisotopic (exact) mass is 395 g/mol. The summed E-state index contributed by atoms with van der Waals surface area (Å²) in [5.41, 5.74) is 1.49. The number of anilines is 1. The minimum absolute atomic E-state index is 0.215. The summed E-state index contributed by atoms with van der Waals surface area (Å²) < 4.78 is 14.4. The highest BCUT2D eigenvalue weighted by Gasteiger charge is 2.23. The summed E-state index contributed by atoms with van der Waals surface area (Å²) in [4.78, 5) is 36.0. The van der Waals surface area contributed by atoms with Crippen LogP contribution in [-0.4, -0.2) is 43.8 Å². The number of hydrogen-bond acceptors (Lipinski definition) is 6. The quantitative estimate of drug-likeness (QED) is 0.677. The van der Waals surface area contributed by atoms with E-state index in [9.17, 15) is 19.1 Å². The zero-order valence-corrected chi connectivity index (χ0v) is 15.3. The van der Waals surface area contributed by atoms with Gasteiger partial charge in [0.2, 0.25) is 11.5 Å². The van der Waals surface area contributed by atoms with Crippen LogP contribution >= 0.6 is 0 Å². The third kappa shape index (κ3) is 4.14. The molecule has 0 spiro atoms. The molecule has 3 aromatic rings. The summed E-state index contributed by atoms with van der Waals surface area (Å²) in [6, 6.07) is 8.95. The Labute approximate surface area is 164 Å². The smallest absolute Gasteiger partial charge is 0.352 e. The maximum Gasteiger partial charge on any atom is 0.352 e. The van der Waals surface area contributed by atoms with Gasteiger partial charge in [-0.2, -0.15) is 4.98 Å². The van der Waals surface area contributed by atoms with Crippen molar-refractivity contribution in [1.82, 2.24) is 19.5 Å². The number of nitrogens with zero attached hydrogens (tertiary/aromatic N) is 4. The van der Waals surface area contributed by atoms with Crippen LogP contribution in [0.1, 0.15) is 11.1 Å². The number of halogens is 1. The van der Waals surface area contributed by atoms with Crippen molar-refractivity contribution in [3.05, 3.63) is 92.8 Å². The highest BCUT2D eigenvalue weighted by Crippen LogP contribution is 2.24. The van der Waals surface area contributed by atoms with Gasteiger partial charge in [0.05, 0.1) is 19.2 Å². The van der Waals surface area contributed by atoms with Crippen LogP contribution in [0.5, 0.6) is 0 Å². The maximum atomic E-state index is 13.1. The third-order valence-electron chi connectivity index (χ3n) is 4.70. The maximum absolute atomic E-state index is 13.1. The van der Waals surface area contributed by atoms with Crippen LogP contribution in [0.3, 0.4) is 0 Å². The van der Waals surface area contributed by atoms with Crippen molar-refractivity contribution >= 4 is 11.5 Å². The number of rotatable bonds is 4. The van der Waals surface area contributed by atoms with E-state index in [0.717, 1.165) is 11.1 Å². The molecule has 0 aliphatic carbocycles. The molecule has 1 aliphatic rings. The lowest BCUT2D eigenvalue weighted by atomic mass is 9.97. The fourth-order valence-electron chi connectivity index (χ4n) is 3.19. The number of benzene rings is 1. The highest BCUT2D eigenvalue weighted by atomic mass is 19.1. The van der Waals surface area contributed by atoms with E-state index in [1.807, 2.05) is 6.08 Å². The molecule has 1 unspecified atom stereocenters. The largest absolute Gasteiger partial charge is 0.387 e. The summed E-state index contributed by atoms with van der Waals surface area (Å²) in [5.74, 6) is -0.113. The first kappa shape index (κ1) is 18.8. The van der Waals surface area contributed by atoms with Crippen LogP contribution in [0.2, 0.25) is 0 Å². The number of H-pyrrole nitrogens is 1. The SMILES string of the molecule is O=c1ccc(Cn2cnc(N3CC=C(c4ccc(F)cc4)C(O)C3)nc2=O)c[nH]1. The molecule has 8 nitrogen and oxygen atoms in total. The fraction of sp³-hybridized carbons (Fsp3) is 0.200. The normalized spacial score (nSPS) is 16.6. The third-order valence-corrected chi connectivity index (χ3v) is 4.70. The Morgan fingerprint density at radius 3 is 2.62 bits per heavy atom. The number of aromatic amines is 1. The van der Waals surface area contributed by atoms with E-state index in [2.05, 4.69) is 15.0 Å². The van der Waals surface area contributed by atoms with Gasteiger partial charge < -0.3 is 15.0 Å². The number of nitrogens with one attached hydrogen (secondary N) is 1. The van der Waals surface area contributed by atoms with Crippen molar-refractivity contribution < 1.29 is 9.50 Å². The number of β-amino-alcohol motifs (C(OH)–C–C–N with tert-alkyl or cyclic N) is 1. The van der Waals surface area contributed by atoms with E-state index in [1.165, 1.54) is 35.3 Å². The van der Waals surface area contributed by atoms with Crippen molar-refractivity contribution in [2.75, 3.05) is 18.0 Å². The number of aliphatic hydroxyl groups is 1. The summed E-state index contributed by atoms with van der Waals surface area (Å²) in [6.07, 6.45) is 3.92. The van der Waals surface area contributed by atoms with Crippen LogP contribution in [0.15, 0.2) is 64.6 Å². The van der Waals surface area contributed by atoms with E-state index in [4.69, 9.17) is 0 Å². The Bertz CT molecular complexity index is 1150. The van der Waals surface area contributed by atoms with Gasteiger partial charge in [-0.3, -0.25) is 9.36 Å². The second-order valence-electron chi connectivity index (χ2n) is 6.72. The van der Waals surface area contributed by atoms with Crippen molar-refractivity contribution in [2.45, 2.75) is 12.6 Å². The molecule has 0 fully saturated rings. The van der Waals surface area contributed by atoms with E-state index < -0.39 is 11.8 Å². The molecule has 29 heavy (non-hydrogen) atoms. The van der Waals surface area contributed by atoms with Crippen molar-refractivity contribution in [1.29, 1.82) is 0 Å². The molecular weight excluding hydrogens is 377 g/mol. The predicted molar refractivity (Wildman–Crippen MR) is 105 cm³/mol. The van der Waals surface area contributed by atoms with Gasteiger partial charge in [0.1, 0.15) is 12.1 Å². The van der Waals surface area contributed by atoms with Gasteiger partial charge in [0.25, 0.3) is 0 Å². The van der Waals surface area contributed by atoms with Gasteiger partial charge in [0.15, 0.2) is 0 Å². The lowest BCUT2D eigenvalue weighted by molar-refractivity contribution is 0.233. The average Bonchev–Trinajstić information content (AvgIpc) is 2.72. The molecule has 2 N–H and O–H groups in total. The van der Waals surface area contributed by atoms with E-state index in [-0.39, 0.29) is 30.4 Å². The van der Waals surface area contributed by atoms with Gasteiger partial charge in [-0.05, 0) is 28.8 Å². The molecule has 0 amide bonds. The summed E-state index contributed by atoms with van der Waals surface area (Å²) >= 11 is 0. The molecule has 1 aromatic carbocycles. The molecule has 3 heterocycles. The molecule has 4 rings (SSSR count). The lowest BCUT2D eigenvalue weighted by Crippen LogP contribution is -2.40. The second kappa shape index (κ2) is 7.80. The molecule has 9 heteroatoms. The number of hydrogen-bond donors (Lipinski definition) is 2. The summed E-state index contributed by atoms with van der Waals surface area (Å²) in [6.45, 7) is 0.854. The Hall–Kier alpha value is -3.59. The molecule has 148 valence electrons. The van der Waals surface area contributed by atoms with Crippen molar-refractivity contribution in [2.24, 2.45) is 0 Å². The molecule has 0 saturated heterocycles. The highest BCUT2D eigenvalue weighted by molar-refractivity contribution is 5.71. The predicted octanol–water partition coefficient (Wildman–Crippen LogP) is 0.778. The van der Waals surface area contributed by atoms with E-state index >= 15 is 0 Å². The van der Waals surface area contributed by atoms with Crippen LogP contribution < -0.4 is 16.1 Å². The fourth-order valence-corrected chi connectivity index (χ4v) is 3.19. The minimum atomic E-state index is -0.818. The number of aliphatic hydroxyl groups excluding tert-OH is 1. The number of pyridine rings is 1. The number of aromatic nitrogens is 4. The van der Waals surface area contributed by atoms with Crippen LogP contribution in [0.4, 0.5) is 10.3 Å². The Balaban J connectivity index is 1.51. The second-order valence-corrected chi connectivity index (χ2v) is 6.72. The standard InChI is InChI=1S/C20H18FN5O3/c21-15-4-2-14(3-5-15)16-7-8-25(11-17(16)27)19-23-12-26(20(29)24-19)10-13-1-6-18(28)22-9-13/h1-7,9,12,17,27H,8,10-11H2,(H,22,28). The Kier molecular flexibility index (Phi) is 5.05. The first-order valence-electron chi connectivity index (χ1n) is 9.00. The van der Waals surface area contributed by atoms with Gasteiger partial charge in [-0.25, -0.2) is 14.2 Å². The molecule has 0 bridgehead atoms. The molecule has 1 atom stereocenters. The molecule has 0 radical (unpaired) electrons. The van der Waals surface area contributed by atoms with Gasteiger partial charge in [0, 0.05) is 18.8 Å². The topological polar surface area (TPSA) is 104 Å².